The van der Waals surface area contributed by atoms with Crippen molar-refractivity contribution < 1.29 is 9.53 Å². The molecule has 0 aromatic heterocycles. The van der Waals surface area contributed by atoms with Gasteiger partial charge in [-0.05, 0) is 38.5 Å². The maximum Gasteiger partial charge on any atom is 0.410 e. The van der Waals surface area contributed by atoms with Gasteiger partial charge in [-0.25, -0.2) is 4.79 Å². The maximum atomic E-state index is 12.1. The van der Waals surface area contributed by atoms with Gasteiger partial charge in [0.25, 0.3) is 0 Å². The highest BCUT2D eigenvalue weighted by Gasteiger charge is 2.21. The van der Waals surface area contributed by atoms with E-state index in [-0.39, 0.29) is 6.09 Å². The van der Waals surface area contributed by atoms with Crippen molar-refractivity contribution >= 4 is 22.0 Å². The van der Waals surface area contributed by atoms with Crippen LogP contribution < -0.4 is 0 Å². The number of carbonyl (C=O) groups excluding carboxylic acids is 1. The van der Waals surface area contributed by atoms with Gasteiger partial charge in [-0.2, -0.15) is 0 Å². The van der Waals surface area contributed by atoms with Crippen LogP contribution in [0.15, 0.2) is 41.4 Å². The summed E-state index contributed by atoms with van der Waals surface area (Å²) >= 11 is 3.39. The summed E-state index contributed by atoms with van der Waals surface area (Å²) < 4.78 is 6.40. The van der Waals surface area contributed by atoms with Crippen LogP contribution in [-0.2, 0) is 11.3 Å². The average molecular weight is 326 g/mol. The zero-order valence-corrected chi connectivity index (χ0v) is 13.2. The molecule has 0 bridgehead atoms. The van der Waals surface area contributed by atoms with Crippen molar-refractivity contribution in [2.45, 2.75) is 32.9 Å². The molecule has 0 heterocycles. The third-order valence-corrected chi connectivity index (χ3v) is 2.82. The highest BCUT2D eigenvalue weighted by molar-refractivity contribution is 9.10. The van der Waals surface area contributed by atoms with Crippen LogP contribution in [-0.4, -0.2) is 23.1 Å². The number of nitrogens with zero attached hydrogens (tertiary/aromatic N) is 1. The SMILES string of the molecule is C=CCN(Cc1ccc(Br)cc1)C(=O)OC(C)(C)C. The third-order valence-electron chi connectivity index (χ3n) is 2.29. The molecule has 1 aromatic rings. The number of amides is 1. The molecule has 0 N–H and O–H groups in total. The van der Waals surface area contributed by atoms with Crippen molar-refractivity contribution in [3.63, 3.8) is 0 Å². The Morgan fingerprint density at radius 3 is 2.42 bits per heavy atom. The number of hydrogen-bond acceptors (Lipinski definition) is 2. The molecule has 1 amide bonds. The Hall–Kier alpha value is -1.29. The topological polar surface area (TPSA) is 29.5 Å². The molecule has 0 saturated carbocycles. The monoisotopic (exact) mass is 325 g/mol. The maximum absolute atomic E-state index is 12.1. The molecule has 0 aliphatic rings. The van der Waals surface area contributed by atoms with E-state index >= 15 is 0 Å². The average Bonchev–Trinajstić information content (AvgIpc) is 2.29. The van der Waals surface area contributed by atoms with Gasteiger partial charge >= 0.3 is 6.09 Å². The van der Waals surface area contributed by atoms with Gasteiger partial charge in [-0.1, -0.05) is 34.1 Å². The van der Waals surface area contributed by atoms with E-state index in [1.165, 1.54) is 0 Å². The van der Waals surface area contributed by atoms with Gasteiger partial charge in [0, 0.05) is 17.6 Å². The largest absolute Gasteiger partial charge is 0.444 e. The summed E-state index contributed by atoms with van der Waals surface area (Å²) in [7, 11) is 0. The van der Waals surface area contributed by atoms with Gasteiger partial charge in [0.2, 0.25) is 0 Å². The molecule has 104 valence electrons. The minimum Gasteiger partial charge on any atom is -0.444 e. The summed E-state index contributed by atoms with van der Waals surface area (Å²) in [4.78, 5) is 13.7. The first-order valence-corrected chi connectivity index (χ1v) is 6.94. The number of halogens is 1. The van der Waals surface area contributed by atoms with E-state index in [0.717, 1.165) is 10.0 Å². The second kappa shape index (κ2) is 6.75. The zero-order chi connectivity index (χ0) is 14.5. The number of benzene rings is 1. The summed E-state index contributed by atoms with van der Waals surface area (Å²) in [6.45, 7) is 10.2. The van der Waals surface area contributed by atoms with E-state index < -0.39 is 5.60 Å². The first kappa shape index (κ1) is 15.8. The Bertz CT molecular complexity index is 434. The fraction of sp³-hybridized carbons (Fsp3) is 0.400. The lowest BCUT2D eigenvalue weighted by Crippen LogP contribution is -2.36. The van der Waals surface area contributed by atoms with Gasteiger partial charge in [0.1, 0.15) is 5.60 Å². The highest BCUT2D eigenvalue weighted by Crippen LogP contribution is 2.15. The molecule has 4 heteroatoms. The molecule has 1 aromatic carbocycles. The standard InChI is InChI=1S/C15H20BrNO2/c1-5-10-17(14(18)19-15(2,3)4)11-12-6-8-13(16)9-7-12/h5-9H,1,10-11H2,2-4H3. The Labute approximate surface area is 123 Å². The van der Waals surface area contributed by atoms with Crippen molar-refractivity contribution in [2.24, 2.45) is 0 Å². The lowest BCUT2D eigenvalue weighted by Gasteiger charge is -2.26. The summed E-state index contributed by atoms with van der Waals surface area (Å²) in [6.07, 6.45) is 1.37. The molecule has 1 rings (SSSR count). The first-order valence-electron chi connectivity index (χ1n) is 6.15. The zero-order valence-electron chi connectivity index (χ0n) is 11.6. The lowest BCUT2D eigenvalue weighted by atomic mass is 10.2. The van der Waals surface area contributed by atoms with Gasteiger partial charge in [0.05, 0.1) is 0 Å². The predicted molar refractivity (Wildman–Crippen MR) is 81.0 cm³/mol. The van der Waals surface area contributed by atoms with Gasteiger partial charge in [-0.15, -0.1) is 6.58 Å². The molecular formula is C15H20BrNO2. The van der Waals surface area contributed by atoms with Gasteiger partial charge in [-0.3, -0.25) is 0 Å². The second-order valence-electron chi connectivity index (χ2n) is 5.28. The van der Waals surface area contributed by atoms with E-state index in [1.54, 1.807) is 11.0 Å². The molecule has 0 aliphatic carbocycles. The van der Waals surface area contributed by atoms with E-state index in [0.29, 0.717) is 13.1 Å². The summed E-state index contributed by atoms with van der Waals surface area (Å²) in [5.74, 6) is 0. The summed E-state index contributed by atoms with van der Waals surface area (Å²) in [6, 6.07) is 7.86. The van der Waals surface area contributed by atoms with E-state index in [4.69, 9.17) is 4.74 Å². The van der Waals surface area contributed by atoms with E-state index in [1.807, 2.05) is 45.0 Å². The van der Waals surface area contributed by atoms with Gasteiger partial charge in [0.15, 0.2) is 0 Å². The second-order valence-corrected chi connectivity index (χ2v) is 6.19. The summed E-state index contributed by atoms with van der Waals surface area (Å²) in [5, 5.41) is 0. The Balaban J connectivity index is 2.74. The molecule has 0 fully saturated rings. The molecule has 0 radical (unpaired) electrons. The normalized spacial score (nSPS) is 10.9. The van der Waals surface area contributed by atoms with Crippen LogP contribution in [0.3, 0.4) is 0 Å². The van der Waals surface area contributed by atoms with Crippen LogP contribution in [0.2, 0.25) is 0 Å². The van der Waals surface area contributed by atoms with Crippen molar-refractivity contribution in [1.29, 1.82) is 0 Å². The van der Waals surface area contributed by atoms with Crippen LogP contribution in [0.5, 0.6) is 0 Å². The predicted octanol–water partition coefficient (Wildman–Crippen LogP) is 4.37. The molecular weight excluding hydrogens is 306 g/mol. The first-order chi connectivity index (χ1) is 8.81. The number of ether oxygens (including phenoxy) is 1. The van der Waals surface area contributed by atoms with Crippen molar-refractivity contribution in [3.05, 3.63) is 47.0 Å². The number of carbonyl (C=O) groups is 1. The van der Waals surface area contributed by atoms with E-state index in [2.05, 4.69) is 22.5 Å². The van der Waals surface area contributed by atoms with Gasteiger partial charge < -0.3 is 9.64 Å². The van der Waals surface area contributed by atoms with Crippen molar-refractivity contribution in [1.82, 2.24) is 4.90 Å². The molecule has 0 saturated heterocycles. The quantitative estimate of drug-likeness (QED) is 0.769. The number of hydrogen-bond donors (Lipinski definition) is 0. The molecule has 0 unspecified atom stereocenters. The Morgan fingerprint density at radius 1 is 1.37 bits per heavy atom. The molecule has 3 nitrogen and oxygen atoms in total. The minimum absolute atomic E-state index is 0.324. The van der Waals surface area contributed by atoms with Crippen molar-refractivity contribution in [3.8, 4) is 0 Å². The lowest BCUT2D eigenvalue weighted by molar-refractivity contribution is 0.0257. The highest BCUT2D eigenvalue weighted by atomic mass is 79.9. The fourth-order valence-electron chi connectivity index (χ4n) is 1.50. The Morgan fingerprint density at radius 2 is 1.95 bits per heavy atom. The van der Waals surface area contributed by atoms with E-state index in [9.17, 15) is 4.79 Å². The molecule has 19 heavy (non-hydrogen) atoms. The van der Waals surface area contributed by atoms with Crippen LogP contribution >= 0.6 is 15.9 Å². The van der Waals surface area contributed by atoms with Crippen LogP contribution in [0.4, 0.5) is 4.79 Å². The fourth-order valence-corrected chi connectivity index (χ4v) is 1.76. The molecule has 0 atom stereocenters. The molecule has 0 spiro atoms. The number of rotatable bonds is 4. The third kappa shape index (κ3) is 5.92. The van der Waals surface area contributed by atoms with Crippen LogP contribution in [0, 0.1) is 0 Å². The summed E-state index contributed by atoms with van der Waals surface area (Å²) in [5.41, 5.74) is 0.562. The smallest absolute Gasteiger partial charge is 0.410 e. The minimum atomic E-state index is -0.490. The molecule has 0 aliphatic heterocycles. The van der Waals surface area contributed by atoms with Crippen molar-refractivity contribution in [2.75, 3.05) is 6.54 Å². The van der Waals surface area contributed by atoms with Crippen LogP contribution in [0.25, 0.3) is 0 Å². The van der Waals surface area contributed by atoms with Crippen LogP contribution in [0.1, 0.15) is 26.3 Å². The Kier molecular flexibility index (Phi) is 5.60.